The molecule has 1 N–H and O–H groups in total. The van der Waals surface area contributed by atoms with Gasteiger partial charge in [0.15, 0.2) is 17.7 Å². The number of carbonyl (C=O) groups is 1. The number of nitrogens with zero attached hydrogens (tertiary/aromatic N) is 1. The van der Waals surface area contributed by atoms with E-state index in [0.717, 1.165) is 65.7 Å². The van der Waals surface area contributed by atoms with Gasteiger partial charge in [-0.25, -0.2) is 9.18 Å². The Bertz CT molecular complexity index is 1350. The Balaban J connectivity index is 1.70. The first-order valence-electron chi connectivity index (χ1n) is 15.4. The molecule has 41 heavy (non-hydrogen) atoms. The Labute approximate surface area is 245 Å². The number of hydrogen-bond acceptors (Lipinski definition) is 4. The van der Waals surface area contributed by atoms with Crippen LogP contribution in [0.2, 0.25) is 0 Å². The molecule has 0 saturated heterocycles. The van der Waals surface area contributed by atoms with Crippen LogP contribution in [0.15, 0.2) is 6.07 Å². The highest BCUT2D eigenvalue weighted by Crippen LogP contribution is 2.47. The van der Waals surface area contributed by atoms with Gasteiger partial charge < -0.3 is 14.6 Å². The summed E-state index contributed by atoms with van der Waals surface area (Å²) in [6, 6.07) is 2.13. The normalized spacial score (nSPS) is 20.2. The summed E-state index contributed by atoms with van der Waals surface area (Å²) in [6.07, 6.45) is 6.19. The average molecular weight is 566 g/mol. The number of halogens is 1. The number of fused-ring (bicyclic) bond motifs is 2. The third-order valence-corrected chi connectivity index (χ3v) is 9.82. The largest absolute Gasteiger partial charge is 0.490 e. The lowest BCUT2D eigenvalue weighted by Gasteiger charge is -2.43. The summed E-state index contributed by atoms with van der Waals surface area (Å²) in [5, 5.41) is 10.5. The van der Waals surface area contributed by atoms with Crippen molar-refractivity contribution in [3.8, 4) is 16.9 Å². The minimum absolute atomic E-state index is 0.346. The van der Waals surface area contributed by atoms with E-state index in [-0.39, 0.29) is 5.82 Å². The van der Waals surface area contributed by atoms with Gasteiger partial charge in [0.2, 0.25) is 0 Å². The maximum absolute atomic E-state index is 15.6. The van der Waals surface area contributed by atoms with Crippen LogP contribution in [0.4, 0.5) is 4.39 Å². The first-order valence-corrected chi connectivity index (χ1v) is 15.4. The summed E-state index contributed by atoms with van der Waals surface area (Å²) in [5.41, 5.74) is 8.34. The second-order valence-corrected chi connectivity index (χ2v) is 14.4. The smallest absolute Gasteiger partial charge is 0.337 e. The molecule has 5 rings (SSSR count). The summed E-state index contributed by atoms with van der Waals surface area (Å²) >= 11 is 0. The van der Waals surface area contributed by atoms with Gasteiger partial charge in [-0.3, -0.25) is 4.90 Å². The molecule has 1 aliphatic carbocycles. The molecule has 2 aromatic rings. The van der Waals surface area contributed by atoms with Gasteiger partial charge in [0.1, 0.15) is 0 Å². The van der Waals surface area contributed by atoms with Crippen molar-refractivity contribution in [1.82, 2.24) is 4.90 Å². The van der Waals surface area contributed by atoms with E-state index in [1.165, 1.54) is 36.8 Å². The number of carboxylic acid groups (broad SMARTS) is 1. The molecule has 0 radical (unpaired) electrons. The molecule has 1 atom stereocenters. The van der Waals surface area contributed by atoms with Gasteiger partial charge in [-0.1, -0.05) is 13.8 Å². The fourth-order valence-electron chi connectivity index (χ4n) is 7.49. The van der Waals surface area contributed by atoms with Crippen molar-refractivity contribution in [3.05, 3.63) is 50.8 Å². The van der Waals surface area contributed by atoms with Crippen molar-refractivity contribution in [2.24, 2.45) is 5.41 Å². The molecule has 0 aromatic heterocycles. The van der Waals surface area contributed by atoms with Crippen LogP contribution in [0.1, 0.15) is 112 Å². The third kappa shape index (κ3) is 5.79. The van der Waals surface area contributed by atoms with Gasteiger partial charge in [-0.15, -0.1) is 0 Å². The van der Waals surface area contributed by atoms with Crippen LogP contribution in [0.3, 0.4) is 0 Å². The number of carboxylic acids is 1. The van der Waals surface area contributed by atoms with Crippen LogP contribution < -0.4 is 4.74 Å². The van der Waals surface area contributed by atoms with E-state index >= 15 is 4.39 Å². The van der Waals surface area contributed by atoms with E-state index in [1.807, 2.05) is 34.6 Å². The molecule has 2 aromatic carbocycles. The summed E-state index contributed by atoms with van der Waals surface area (Å²) in [6.45, 7) is 18.9. The van der Waals surface area contributed by atoms with E-state index in [9.17, 15) is 9.90 Å². The first-order chi connectivity index (χ1) is 19.2. The molecular weight excluding hydrogens is 517 g/mol. The summed E-state index contributed by atoms with van der Waals surface area (Å²) < 4.78 is 27.6. The van der Waals surface area contributed by atoms with Crippen LogP contribution in [0.25, 0.3) is 11.1 Å². The molecule has 224 valence electrons. The molecule has 0 amide bonds. The highest BCUT2D eigenvalue weighted by Gasteiger charge is 2.37. The maximum atomic E-state index is 15.6. The van der Waals surface area contributed by atoms with Gasteiger partial charge in [0.05, 0.1) is 12.2 Å². The zero-order valence-corrected chi connectivity index (χ0v) is 26.3. The predicted molar refractivity (Wildman–Crippen MR) is 161 cm³/mol. The van der Waals surface area contributed by atoms with Crippen LogP contribution >= 0.6 is 0 Å². The zero-order valence-electron chi connectivity index (χ0n) is 26.3. The van der Waals surface area contributed by atoms with E-state index in [4.69, 9.17) is 9.47 Å². The number of hydrogen-bond donors (Lipinski definition) is 1. The lowest BCUT2D eigenvalue weighted by atomic mass is 9.74. The molecule has 1 unspecified atom stereocenters. The molecule has 6 heteroatoms. The van der Waals surface area contributed by atoms with Crippen LogP contribution in [0.5, 0.6) is 5.75 Å². The van der Waals surface area contributed by atoms with Crippen molar-refractivity contribution >= 4 is 5.97 Å². The summed E-state index contributed by atoms with van der Waals surface area (Å²) in [4.78, 5) is 15.5. The van der Waals surface area contributed by atoms with Crippen molar-refractivity contribution < 1.29 is 23.8 Å². The van der Waals surface area contributed by atoms with E-state index in [2.05, 4.69) is 25.7 Å². The van der Waals surface area contributed by atoms with Gasteiger partial charge in [-0.2, -0.15) is 0 Å². The van der Waals surface area contributed by atoms with Crippen LogP contribution in [0, 0.1) is 32.0 Å². The lowest BCUT2D eigenvalue weighted by molar-refractivity contribution is -0.160. The van der Waals surface area contributed by atoms with Gasteiger partial charge >= 0.3 is 5.97 Å². The molecule has 3 aliphatic rings. The van der Waals surface area contributed by atoms with E-state index in [0.29, 0.717) is 29.4 Å². The lowest BCUT2D eigenvalue weighted by Crippen LogP contribution is -2.43. The van der Waals surface area contributed by atoms with Crippen LogP contribution in [-0.4, -0.2) is 40.8 Å². The first kappa shape index (κ1) is 30.0. The van der Waals surface area contributed by atoms with E-state index < -0.39 is 17.7 Å². The Kier molecular flexibility index (Phi) is 8.06. The third-order valence-electron chi connectivity index (χ3n) is 9.82. The Morgan fingerprint density at radius 1 is 1.07 bits per heavy atom. The summed E-state index contributed by atoms with van der Waals surface area (Å²) in [5.74, 6) is -1.06. The van der Waals surface area contributed by atoms with Crippen molar-refractivity contribution in [3.63, 3.8) is 0 Å². The Morgan fingerprint density at radius 3 is 2.39 bits per heavy atom. The standard InChI is InChI=1S/C35H48FNO4/c1-20-25-10-9-17-40-31(25)28(36)18-26(20)29-22(3)27-19-37(23-11-14-35(7,8)15-12-23)16-13-24(27)21(2)30(29)32(33(38)39)41-34(4,5)6/h18,23,32H,9-17,19H2,1-8H3,(H,38,39). The number of ether oxygens (including phenoxy) is 2. The van der Waals surface area contributed by atoms with Gasteiger partial charge in [0.25, 0.3) is 0 Å². The second kappa shape index (κ2) is 11.0. The molecular formula is C35H48FNO4. The second-order valence-electron chi connectivity index (χ2n) is 14.4. The highest BCUT2D eigenvalue weighted by molar-refractivity contribution is 5.85. The van der Waals surface area contributed by atoms with Crippen molar-refractivity contribution in [2.75, 3.05) is 13.2 Å². The van der Waals surface area contributed by atoms with Crippen molar-refractivity contribution in [1.29, 1.82) is 0 Å². The van der Waals surface area contributed by atoms with Crippen molar-refractivity contribution in [2.45, 2.75) is 125 Å². The maximum Gasteiger partial charge on any atom is 0.337 e. The number of aliphatic carboxylic acids is 1. The van der Waals surface area contributed by atoms with Gasteiger partial charge in [-0.05, 0) is 137 Å². The fourth-order valence-corrected chi connectivity index (χ4v) is 7.49. The topological polar surface area (TPSA) is 59.0 Å². The average Bonchev–Trinajstić information content (AvgIpc) is 2.91. The Hall–Kier alpha value is -2.44. The molecule has 1 fully saturated rings. The van der Waals surface area contributed by atoms with Gasteiger partial charge in [0, 0.05) is 30.3 Å². The fraction of sp³-hybridized carbons (Fsp3) is 0.629. The number of rotatable bonds is 5. The zero-order chi connectivity index (χ0) is 29.9. The monoisotopic (exact) mass is 565 g/mol. The minimum Gasteiger partial charge on any atom is -0.490 e. The summed E-state index contributed by atoms with van der Waals surface area (Å²) in [7, 11) is 0. The molecule has 2 heterocycles. The molecule has 1 saturated carbocycles. The number of benzene rings is 2. The quantitative estimate of drug-likeness (QED) is 0.398. The SMILES string of the molecule is Cc1c(-c2c(C)c3c(c(C)c2C(OC(C)(C)C)C(=O)O)CCN(C2CCC(C)(C)CC2)C3)cc(F)c2c1CCCO2. The molecule has 0 bridgehead atoms. The molecule has 5 nitrogen and oxygen atoms in total. The highest BCUT2D eigenvalue weighted by atomic mass is 19.1. The van der Waals surface area contributed by atoms with Crippen LogP contribution in [-0.2, 0) is 28.9 Å². The van der Waals surface area contributed by atoms with E-state index in [1.54, 1.807) is 6.07 Å². The predicted octanol–water partition coefficient (Wildman–Crippen LogP) is 8.01. The molecule has 0 spiro atoms. The Morgan fingerprint density at radius 2 is 1.76 bits per heavy atom. The minimum atomic E-state index is -1.16. The molecule has 2 aliphatic heterocycles.